The molecule has 0 aromatic heterocycles. The number of hydrogen-bond donors (Lipinski definition) is 4. The number of amides is 2. The van der Waals surface area contributed by atoms with E-state index in [1.807, 2.05) is 12.1 Å². The van der Waals surface area contributed by atoms with Crippen LogP contribution in [0.25, 0.3) is 0 Å². The topological polar surface area (TPSA) is 251 Å². The number of benzene rings is 4. The Morgan fingerprint density at radius 2 is 1.06 bits per heavy atom. The summed E-state index contributed by atoms with van der Waals surface area (Å²) in [5, 5.41) is 65.0. The average Bonchev–Trinajstić information content (AvgIpc) is 3.10. The van der Waals surface area contributed by atoms with Gasteiger partial charge in [0.2, 0.25) is 0 Å². The van der Waals surface area contributed by atoms with Crippen molar-refractivity contribution in [3.63, 3.8) is 0 Å². The van der Waals surface area contributed by atoms with E-state index in [4.69, 9.17) is 20.0 Å². The van der Waals surface area contributed by atoms with Crippen molar-refractivity contribution in [2.45, 2.75) is 38.9 Å². The lowest BCUT2D eigenvalue weighted by atomic mass is 10.1. The molecule has 0 heterocycles. The molecule has 4 rings (SSSR count). The van der Waals surface area contributed by atoms with E-state index in [-0.39, 0.29) is 24.6 Å². The number of nitro benzene ring substituents is 2. The fraction of sp³-hybridized carbons (Fsp3) is 0.222. The second-order valence-electron chi connectivity index (χ2n) is 11.8. The van der Waals surface area contributed by atoms with Gasteiger partial charge in [-0.1, -0.05) is 12.1 Å². The zero-order chi connectivity index (χ0) is 38.6. The smallest absolute Gasteiger partial charge is 0.272 e. The van der Waals surface area contributed by atoms with Gasteiger partial charge in [-0.2, -0.15) is 10.5 Å². The van der Waals surface area contributed by atoms with Crippen molar-refractivity contribution in [2.75, 3.05) is 23.8 Å². The van der Waals surface area contributed by atoms with Gasteiger partial charge in [-0.15, -0.1) is 0 Å². The lowest BCUT2D eigenvalue weighted by Crippen LogP contribution is -2.45. The number of ether oxygens (including phenoxy) is 2. The number of nitriles is 2. The number of carbonyl (C=O) groups is 2. The van der Waals surface area contributed by atoms with E-state index in [0.717, 1.165) is 0 Å². The second-order valence-corrected chi connectivity index (χ2v) is 11.8. The molecule has 16 heteroatoms. The van der Waals surface area contributed by atoms with E-state index in [0.29, 0.717) is 45.1 Å². The van der Waals surface area contributed by atoms with Gasteiger partial charge in [0.1, 0.15) is 24.7 Å². The minimum absolute atomic E-state index is 0.0598. The normalized spacial score (nSPS) is 12.5. The summed E-state index contributed by atoms with van der Waals surface area (Å²) in [4.78, 5) is 45.2. The zero-order valence-electron chi connectivity index (χ0n) is 28.4. The van der Waals surface area contributed by atoms with Crippen molar-refractivity contribution in [1.82, 2.24) is 0 Å². The van der Waals surface area contributed by atoms with Gasteiger partial charge in [-0.3, -0.25) is 29.8 Å². The van der Waals surface area contributed by atoms with Gasteiger partial charge in [0, 0.05) is 34.6 Å². The molecule has 0 aliphatic heterocycles. The van der Waals surface area contributed by atoms with Gasteiger partial charge in [-0.05, 0) is 88.4 Å². The van der Waals surface area contributed by atoms with Gasteiger partial charge >= 0.3 is 0 Å². The second kappa shape index (κ2) is 17.2. The number of nitro groups is 2. The Kier molecular flexibility index (Phi) is 13.1. The summed E-state index contributed by atoms with van der Waals surface area (Å²) in [6, 6.07) is 24.8. The molecule has 0 saturated carbocycles. The van der Waals surface area contributed by atoms with E-state index < -0.39 is 32.9 Å². The van der Waals surface area contributed by atoms with E-state index in [2.05, 4.69) is 10.6 Å². The molecule has 268 valence electrons. The van der Waals surface area contributed by atoms with Gasteiger partial charge in [0.05, 0.1) is 33.1 Å². The van der Waals surface area contributed by atoms with Crippen LogP contribution in [0.3, 0.4) is 0 Å². The molecule has 0 aliphatic carbocycles. The quantitative estimate of drug-likeness (QED) is 0.111. The first kappa shape index (κ1) is 39.6. The number of nitrogens with one attached hydrogen (secondary N) is 2. The molecular formula is C36H34N6O10. The number of carbonyl (C=O) groups excluding carboxylic acids is 2. The van der Waals surface area contributed by atoms with E-state index >= 15 is 0 Å². The fourth-order valence-corrected chi connectivity index (χ4v) is 4.30. The maximum Gasteiger partial charge on any atom is 0.272 e. The maximum atomic E-state index is 12.3. The predicted molar refractivity (Wildman–Crippen MR) is 187 cm³/mol. The molecule has 0 radical (unpaired) electrons. The highest BCUT2D eigenvalue weighted by molar-refractivity contribution is 5.97. The minimum atomic E-state index is -1.85. The number of aryl methyl sites for hydroxylation is 2. The highest BCUT2D eigenvalue weighted by atomic mass is 16.6. The van der Waals surface area contributed by atoms with E-state index in [1.165, 1.54) is 62.4 Å². The van der Waals surface area contributed by atoms with Crippen LogP contribution in [-0.4, -0.2) is 56.3 Å². The summed E-state index contributed by atoms with van der Waals surface area (Å²) in [6.45, 7) is 5.01. The minimum Gasteiger partial charge on any atom is -0.490 e. The van der Waals surface area contributed by atoms with E-state index in [1.54, 1.807) is 50.2 Å². The molecule has 2 unspecified atom stereocenters. The Labute approximate surface area is 297 Å². The highest BCUT2D eigenvalue weighted by Crippen LogP contribution is 2.24. The maximum absolute atomic E-state index is 12.3. The monoisotopic (exact) mass is 710 g/mol. The molecule has 4 aromatic rings. The predicted octanol–water partition coefficient (Wildman–Crippen LogP) is 5.09. The first-order valence-corrected chi connectivity index (χ1v) is 15.3. The molecule has 52 heavy (non-hydrogen) atoms. The van der Waals surface area contributed by atoms with Crippen LogP contribution in [0.2, 0.25) is 0 Å². The van der Waals surface area contributed by atoms with E-state index in [9.17, 15) is 40.0 Å². The van der Waals surface area contributed by atoms with Crippen LogP contribution in [0.1, 0.15) is 36.1 Å². The van der Waals surface area contributed by atoms with Crippen LogP contribution in [0, 0.1) is 56.7 Å². The Hall–Kier alpha value is -6.88. The van der Waals surface area contributed by atoms with Gasteiger partial charge < -0.3 is 30.3 Å². The lowest BCUT2D eigenvalue weighted by Gasteiger charge is -2.22. The third-order valence-electron chi connectivity index (χ3n) is 7.25. The molecule has 0 spiro atoms. The van der Waals surface area contributed by atoms with Crippen molar-refractivity contribution in [3.8, 4) is 23.6 Å². The van der Waals surface area contributed by atoms with Crippen LogP contribution in [0.4, 0.5) is 22.7 Å². The molecule has 0 fully saturated rings. The molecule has 0 saturated heterocycles. The summed E-state index contributed by atoms with van der Waals surface area (Å²) >= 11 is 0. The van der Waals surface area contributed by atoms with Crippen LogP contribution >= 0.6 is 0 Å². The largest absolute Gasteiger partial charge is 0.490 e. The number of nitrogens with zero attached hydrogens (tertiary/aromatic N) is 4. The summed E-state index contributed by atoms with van der Waals surface area (Å²) in [7, 11) is 0. The molecule has 2 amide bonds. The Morgan fingerprint density at radius 1 is 0.692 bits per heavy atom. The number of anilines is 2. The fourth-order valence-electron chi connectivity index (χ4n) is 4.30. The molecule has 16 nitrogen and oxygen atoms in total. The van der Waals surface area contributed by atoms with Crippen LogP contribution in [0.15, 0.2) is 84.9 Å². The lowest BCUT2D eigenvalue weighted by molar-refractivity contribution is -0.385. The molecule has 0 bridgehead atoms. The Balaban J connectivity index is 0.000000280. The Bertz CT molecular complexity index is 1920. The summed E-state index contributed by atoms with van der Waals surface area (Å²) in [5.74, 6) is -0.740. The van der Waals surface area contributed by atoms with Crippen LogP contribution < -0.4 is 20.1 Å². The summed E-state index contributed by atoms with van der Waals surface area (Å²) in [6.07, 6.45) is 0. The van der Waals surface area contributed by atoms with Crippen molar-refractivity contribution >= 4 is 34.6 Å². The van der Waals surface area contributed by atoms with Gasteiger partial charge in [0.15, 0.2) is 11.2 Å². The summed E-state index contributed by atoms with van der Waals surface area (Å²) in [5.41, 5.74) is -1.60. The van der Waals surface area contributed by atoms with Crippen molar-refractivity contribution < 1.29 is 39.1 Å². The third kappa shape index (κ3) is 11.1. The van der Waals surface area contributed by atoms with Gasteiger partial charge in [-0.25, -0.2) is 0 Å². The van der Waals surface area contributed by atoms with Crippen molar-refractivity contribution in [1.29, 1.82) is 10.5 Å². The number of rotatable bonds is 12. The molecule has 0 aliphatic rings. The molecular weight excluding hydrogens is 676 g/mol. The average molecular weight is 711 g/mol. The highest BCUT2D eigenvalue weighted by Gasteiger charge is 2.33. The number of hydrogen-bond acceptors (Lipinski definition) is 12. The summed E-state index contributed by atoms with van der Waals surface area (Å²) < 4.78 is 10.8. The van der Waals surface area contributed by atoms with Crippen molar-refractivity contribution in [2.24, 2.45) is 0 Å². The molecule has 4 aromatic carbocycles. The third-order valence-corrected chi connectivity index (χ3v) is 7.25. The van der Waals surface area contributed by atoms with Crippen LogP contribution in [-0.2, 0) is 9.59 Å². The molecule has 2 atom stereocenters. The Morgan fingerprint density at radius 3 is 1.37 bits per heavy atom. The van der Waals surface area contributed by atoms with Crippen molar-refractivity contribution in [3.05, 3.63) is 127 Å². The number of aliphatic hydroxyl groups is 2. The molecule has 4 N–H and O–H groups in total. The standard InChI is InChI=1S/2C18H17N3O5/c2*1-12-8-14(6-7-16(12)21(24)25)20-17(22)18(2,23)11-26-15-5-3-4-13(9-15)10-19/h2*3-9,23H,11H2,1-2H3,(H,20,22). The van der Waals surface area contributed by atoms with Crippen LogP contribution in [0.5, 0.6) is 11.5 Å². The first-order chi connectivity index (χ1) is 24.4. The zero-order valence-corrected chi connectivity index (χ0v) is 28.4. The SMILES string of the molecule is Cc1cc(NC(=O)C(C)(O)COc2cccc(C#N)c2)ccc1[N+](=O)[O-].Cc1cc(NC(=O)C(C)(O)COc2cccc(C#N)c2)ccc1[N+](=O)[O-]. The first-order valence-electron chi connectivity index (χ1n) is 15.3. The van der Waals surface area contributed by atoms with Gasteiger partial charge in [0.25, 0.3) is 23.2 Å².